The Morgan fingerprint density at radius 2 is 1.33 bits per heavy atom. The van der Waals surface area contributed by atoms with Crippen LogP contribution in [0.5, 0.6) is 0 Å². The predicted molar refractivity (Wildman–Crippen MR) is 141 cm³/mol. The van der Waals surface area contributed by atoms with Gasteiger partial charge in [0.2, 0.25) is 0 Å². The van der Waals surface area contributed by atoms with Crippen molar-refractivity contribution in [3.8, 4) is 0 Å². The van der Waals surface area contributed by atoms with Gasteiger partial charge < -0.3 is 14.8 Å². The third kappa shape index (κ3) is 7.71. The third-order valence-electron chi connectivity index (χ3n) is 5.29. The van der Waals surface area contributed by atoms with Gasteiger partial charge in [-0.2, -0.15) is 0 Å². The van der Waals surface area contributed by atoms with E-state index < -0.39 is 41.3 Å². The number of hydrogen-bond acceptors (Lipinski definition) is 6. The van der Waals surface area contributed by atoms with Crippen molar-refractivity contribution in [1.29, 1.82) is 0 Å². The number of nitrogens with one attached hydrogen (secondary N) is 1. The molecule has 3 atom stereocenters. The van der Waals surface area contributed by atoms with Crippen LogP contribution in [-0.4, -0.2) is 36.1 Å². The first kappa shape index (κ1) is 27.0. The number of ether oxygens (including phenoxy) is 2. The molecular weight excluding hydrogens is 474 g/mol. The number of thioether (sulfide) groups is 1. The molecule has 0 aliphatic carbocycles. The molecule has 0 fully saturated rings. The molecule has 1 N–H and O–H groups in total. The van der Waals surface area contributed by atoms with Crippen LogP contribution in [0.25, 0.3) is 0 Å². The number of carbonyl (C=O) groups is 3. The van der Waals surface area contributed by atoms with Crippen LogP contribution in [0.2, 0.25) is 0 Å². The van der Waals surface area contributed by atoms with E-state index in [2.05, 4.69) is 5.32 Å². The van der Waals surface area contributed by atoms with E-state index in [1.807, 2.05) is 61.5 Å². The highest BCUT2D eigenvalue weighted by molar-refractivity contribution is 8.00. The predicted octanol–water partition coefficient (Wildman–Crippen LogP) is 5.51. The summed E-state index contributed by atoms with van der Waals surface area (Å²) in [5.41, 5.74) is 2.28. The Morgan fingerprint density at radius 1 is 0.750 bits per heavy atom. The van der Waals surface area contributed by atoms with Crippen molar-refractivity contribution in [2.24, 2.45) is 0 Å². The lowest BCUT2D eigenvalue weighted by Gasteiger charge is -2.26. The average molecular weight is 506 g/mol. The molecule has 188 valence electrons. The zero-order valence-electron chi connectivity index (χ0n) is 20.8. The first-order valence-electron chi connectivity index (χ1n) is 11.8. The topological polar surface area (TPSA) is 81.7 Å². The number of amides is 1. The molecule has 0 unspecified atom stereocenters. The van der Waals surface area contributed by atoms with Crippen LogP contribution in [0, 0.1) is 6.92 Å². The van der Waals surface area contributed by atoms with Gasteiger partial charge in [-0.25, -0.2) is 4.79 Å². The lowest BCUT2D eigenvalue weighted by molar-refractivity contribution is -0.159. The molecule has 0 heterocycles. The number of hydrogen-bond donors (Lipinski definition) is 1. The minimum atomic E-state index is -1.18. The zero-order chi connectivity index (χ0) is 26.1. The zero-order valence-corrected chi connectivity index (χ0v) is 21.7. The smallest absolute Gasteiger partial charge is 0.332 e. The van der Waals surface area contributed by atoms with Gasteiger partial charge in [0, 0.05) is 10.5 Å². The molecule has 0 aliphatic heterocycles. The van der Waals surface area contributed by atoms with E-state index in [-0.39, 0.29) is 0 Å². The van der Waals surface area contributed by atoms with Crippen molar-refractivity contribution >= 4 is 29.6 Å². The molecule has 1 amide bonds. The molecule has 0 radical (unpaired) electrons. The highest BCUT2D eigenvalue weighted by Crippen LogP contribution is 2.36. The number of rotatable bonds is 10. The van der Waals surface area contributed by atoms with E-state index in [1.165, 1.54) is 11.8 Å². The second-order valence-corrected chi connectivity index (χ2v) is 9.84. The first-order valence-corrected chi connectivity index (χ1v) is 12.7. The Labute approximate surface area is 216 Å². The Morgan fingerprint density at radius 3 is 1.92 bits per heavy atom. The van der Waals surface area contributed by atoms with Crippen LogP contribution in [0.15, 0.2) is 89.8 Å². The SMILES string of the molecule is Cc1ccc(S[C@@H](C(=O)O[C@H](C)[C@H](NC(=O)c2ccccc2)C(=O)OC(C)C)c2ccccc2)cc1. The van der Waals surface area contributed by atoms with Gasteiger partial charge in [0.25, 0.3) is 5.91 Å². The van der Waals surface area contributed by atoms with Gasteiger partial charge in [0.05, 0.1) is 6.10 Å². The number of aryl methyl sites for hydroxylation is 1. The summed E-state index contributed by atoms with van der Waals surface area (Å²) in [7, 11) is 0. The normalized spacial score (nSPS) is 13.4. The maximum absolute atomic E-state index is 13.4. The first-order chi connectivity index (χ1) is 17.2. The summed E-state index contributed by atoms with van der Waals surface area (Å²) in [5.74, 6) is -1.65. The van der Waals surface area contributed by atoms with Crippen molar-refractivity contribution in [2.75, 3.05) is 0 Å². The Hall–Kier alpha value is -3.58. The fourth-order valence-electron chi connectivity index (χ4n) is 3.43. The van der Waals surface area contributed by atoms with Crippen LogP contribution in [0.1, 0.15) is 47.5 Å². The average Bonchev–Trinajstić information content (AvgIpc) is 2.87. The van der Waals surface area contributed by atoms with E-state index in [0.29, 0.717) is 5.56 Å². The van der Waals surface area contributed by atoms with E-state index >= 15 is 0 Å². The maximum Gasteiger partial charge on any atom is 0.332 e. The van der Waals surface area contributed by atoms with Gasteiger partial charge in [-0.3, -0.25) is 9.59 Å². The largest absolute Gasteiger partial charge is 0.461 e. The summed E-state index contributed by atoms with van der Waals surface area (Å²) in [6, 6.07) is 24.5. The fraction of sp³-hybridized carbons (Fsp3) is 0.276. The quantitative estimate of drug-likeness (QED) is 0.289. The monoisotopic (exact) mass is 505 g/mol. The van der Waals surface area contributed by atoms with Gasteiger partial charge >= 0.3 is 11.9 Å². The summed E-state index contributed by atoms with van der Waals surface area (Å²) in [5, 5.41) is 2.02. The number of benzene rings is 3. The molecule has 0 aromatic heterocycles. The van der Waals surface area contributed by atoms with Crippen molar-refractivity contribution in [1.82, 2.24) is 5.32 Å². The lowest BCUT2D eigenvalue weighted by atomic mass is 10.1. The van der Waals surface area contributed by atoms with Crippen LogP contribution >= 0.6 is 11.8 Å². The summed E-state index contributed by atoms with van der Waals surface area (Å²) < 4.78 is 11.1. The second-order valence-electron chi connectivity index (χ2n) is 8.67. The van der Waals surface area contributed by atoms with Crippen molar-refractivity contribution in [3.63, 3.8) is 0 Å². The van der Waals surface area contributed by atoms with Gasteiger partial charge in [0.1, 0.15) is 11.4 Å². The van der Waals surface area contributed by atoms with Gasteiger partial charge in [-0.1, -0.05) is 66.2 Å². The Bertz CT molecular complexity index is 1150. The molecule has 0 spiro atoms. The van der Waals surface area contributed by atoms with Crippen LogP contribution in [0.3, 0.4) is 0 Å². The third-order valence-corrected chi connectivity index (χ3v) is 6.54. The van der Waals surface area contributed by atoms with Gasteiger partial charge in [0.15, 0.2) is 6.04 Å². The van der Waals surface area contributed by atoms with Crippen LogP contribution < -0.4 is 5.32 Å². The fourth-order valence-corrected chi connectivity index (χ4v) is 4.44. The molecule has 6 nitrogen and oxygen atoms in total. The molecule has 0 aliphatic rings. The van der Waals surface area contributed by atoms with Gasteiger partial charge in [-0.05, 0) is 57.5 Å². The molecule has 0 saturated carbocycles. The summed E-state index contributed by atoms with van der Waals surface area (Å²) in [4.78, 5) is 40.0. The van der Waals surface area contributed by atoms with Crippen molar-refractivity contribution in [2.45, 2.75) is 56.1 Å². The highest BCUT2D eigenvalue weighted by atomic mass is 32.2. The molecule has 3 rings (SSSR count). The standard InChI is InChI=1S/C29H31NO5S/c1-19(2)34-28(32)25(30-27(31)23-13-9-6-10-14-23)21(4)35-29(33)26(22-11-7-5-8-12-22)36-24-17-15-20(3)16-18-24/h5-19,21,25-26H,1-4H3,(H,30,31)/t21-,25+,26-/m1/s1. The minimum absolute atomic E-state index is 0.385. The molecule has 36 heavy (non-hydrogen) atoms. The Balaban J connectivity index is 1.81. The van der Waals surface area contributed by atoms with Crippen LogP contribution in [0.4, 0.5) is 0 Å². The summed E-state index contributed by atoms with van der Waals surface area (Å²) in [6.45, 7) is 7.01. The van der Waals surface area contributed by atoms with Gasteiger partial charge in [-0.15, -0.1) is 11.8 Å². The van der Waals surface area contributed by atoms with Crippen LogP contribution in [-0.2, 0) is 19.1 Å². The number of carbonyl (C=O) groups excluding carboxylic acids is 3. The summed E-state index contributed by atoms with van der Waals surface area (Å²) >= 11 is 1.36. The van der Waals surface area contributed by atoms with E-state index in [0.717, 1.165) is 16.0 Å². The van der Waals surface area contributed by atoms with E-state index in [4.69, 9.17) is 9.47 Å². The van der Waals surface area contributed by atoms with Crippen molar-refractivity contribution in [3.05, 3.63) is 102 Å². The molecular formula is C29H31NO5S. The summed E-state index contributed by atoms with van der Waals surface area (Å²) in [6.07, 6.45) is -1.37. The highest BCUT2D eigenvalue weighted by Gasteiger charge is 2.34. The van der Waals surface area contributed by atoms with E-state index in [1.54, 1.807) is 51.1 Å². The number of esters is 2. The Kier molecular flexibility index (Phi) is 9.70. The molecule has 7 heteroatoms. The molecule has 3 aromatic carbocycles. The molecule has 0 bridgehead atoms. The second kappa shape index (κ2) is 12.9. The van der Waals surface area contributed by atoms with E-state index in [9.17, 15) is 14.4 Å². The maximum atomic E-state index is 13.4. The molecule has 3 aromatic rings. The lowest BCUT2D eigenvalue weighted by Crippen LogP contribution is -2.50. The minimum Gasteiger partial charge on any atom is -0.461 e. The molecule has 0 saturated heterocycles. The van der Waals surface area contributed by atoms with Crippen molar-refractivity contribution < 1.29 is 23.9 Å².